The SMILES string of the molecule is C.NC(CCC(=O)O)C(=O)O. The smallest absolute Gasteiger partial charge is 0.320 e. The van der Waals surface area contributed by atoms with Crippen molar-refractivity contribution in [2.45, 2.75) is 26.3 Å². The van der Waals surface area contributed by atoms with Crippen LogP contribution in [0.5, 0.6) is 0 Å². The van der Waals surface area contributed by atoms with Crippen LogP contribution in [0.4, 0.5) is 0 Å². The van der Waals surface area contributed by atoms with E-state index >= 15 is 0 Å². The van der Waals surface area contributed by atoms with Gasteiger partial charge in [0, 0.05) is 6.42 Å². The largest absolute Gasteiger partial charge is 0.481 e. The molecule has 1 unspecified atom stereocenters. The average molecular weight is 163 g/mol. The predicted molar refractivity (Wildman–Crippen MR) is 39.2 cm³/mol. The molecule has 0 aliphatic heterocycles. The summed E-state index contributed by atoms with van der Waals surface area (Å²) in [5.41, 5.74) is 5.00. The molecule has 0 rings (SSSR count). The number of carboxylic acids is 2. The molecule has 0 aromatic heterocycles. The first-order valence-electron chi connectivity index (χ1n) is 2.74. The zero-order chi connectivity index (χ0) is 8.15. The highest BCUT2D eigenvalue weighted by molar-refractivity contribution is 5.74. The number of hydrogen-bond donors (Lipinski definition) is 3. The van der Waals surface area contributed by atoms with Gasteiger partial charge >= 0.3 is 11.9 Å². The standard InChI is InChI=1S/C5H9NO4.CH4/c6-3(5(9)10)1-2-4(7)8;/h3H,1-2,6H2,(H,7,8)(H,9,10);1H4. The summed E-state index contributed by atoms with van der Waals surface area (Å²) in [6, 6.07) is -1.06. The van der Waals surface area contributed by atoms with Crippen molar-refractivity contribution in [2.24, 2.45) is 5.73 Å². The van der Waals surface area contributed by atoms with E-state index in [9.17, 15) is 9.59 Å². The second kappa shape index (κ2) is 5.67. The van der Waals surface area contributed by atoms with E-state index in [4.69, 9.17) is 15.9 Å². The third-order valence-corrected chi connectivity index (χ3v) is 0.986. The van der Waals surface area contributed by atoms with Gasteiger partial charge in [-0.2, -0.15) is 0 Å². The van der Waals surface area contributed by atoms with E-state index in [1.165, 1.54) is 0 Å². The fourth-order valence-electron chi connectivity index (χ4n) is 0.402. The average Bonchev–Trinajstić information content (AvgIpc) is 1.82. The lowest BCUT2D eigenvalue weighted by Crippen LogP contribution is -2.30. The van der Waals surface area contributed by atoms with Gasteiger partial charge in [0.15, 0.2) is 0 Å². The fraction of sp³-hybridized carbons (Fsp3) is 0.667. The van der Waals surface area contributed by atoms with Gasteiger partial charge in [0.05, 0.1) is 0 Å². The predicted octanol–water partition coefficient (Wildman–Crippen LogP) is -0.101. The number of carbonyl (C=O) groups is 2. The summed E-state index contributed by atoms with van der Waals surface area (Å²) in [6.07, 6.45) is -0.224. The Morgan fingerprint density at radius 3 is 2.09 bits per heavy atom. The maximum atomic E-state index is 9.99. The fourth-order valence-corrected chi connectivity index (χ4v) is 0.402. The first-order valence-corrected chi connectivity index (χ1v) is 2.74. The topological polar surface area (TPSA) is 101 Å². The Labute approximate surface area is 64.8 Å². The normalized spacial score (nSPS) is 11.4. The van der Waals surface area contributed by atoms with Crippen LogP contribution < -0.4 is 5.73 Å². The van der Waals surface area contributed by atoms with Gasteiger partial charge in [0.25, 0.3) is 0 Å². The first kappa shape index (κ1) is 12.6. The molecule has 0 saturated carbocycles. The summed E-state index contributed by atoms with van der Waals surface area (Å²) >= 11 is 0. The minimum Gasteiger partial charge on any atom is -0.481 e. The number of hydrogen-bond acceptors (Lipinski definition) is 3. The van der Waals surface area contributed by atoms with Crippen molar-refractivity contribution in [1.82, 2.24) is 0 Å². The molecule has 0 aromatic carbocycles. The first-order chi connectivity index (χ1) is 4.54. The summed E-state index contributed by atoms with van der Waals surface area (Å²) in [5.74, 6) is -2.20. The highest BCUT2D eigenvalue weighted by Gasteiger charge is 2.12. The molecule has 0 bridgehead atoms. The molecule has 0 aliphatic carbocycles. The Morgan fingerprint density at radius 2 is 1.82 bits per heavy atom. The van der Waals surface area contributed by atoms with Crippen LogP contribution in [0, 0.1) is 0 Å². The molecular formula is C6H13NO4. The molecule has 0 heterocycles. The Bertz CT molecular complexity index is 146. The second-order valence-electron chi connectivity index (χ2n) is 1.88. The molecule has 0 amide bonds. The van der Waals surface area contributed by atoms with Crippen LogP contribution in [-0.4, -0.2) is 28.2 Å². The van der Waals surface area contributed by atoms with Gasteiger partial charge in [0.2, 0.25) is 0 Å². The van der Waals surface area contributed by atoms with Crippen molar-refractivity contribution in [1.29, 1.82) is 0 Å². The third-order valence-electron chi connectivity index (χ3n) is 0.986. The van der Waals surface area contributed by atoms with E-state index in [0.29, 0.717) is 0 Å². The van der Waals surface area contributed by atoms with Gasteiger partial charge in [0.1, 0.15) is 6.04 Å². The highest BCUT2D eigenvalue weighted by Crippen LogP contribution is 1.93. The van der Waals surface area contributed by atoms with Crippen LogP contribution in [-0.2, 0) is 9.59 Å². The second-order valence-corrected chi connectivity index (χ2v) is 1.88. The van der Waals surface area contributed by atoms with Crippen LogP contribution >= 0.6 is 0 Å². The van der Waals surface area contributed by atoms with Crippen molar-refractivity contribution in [3.63, 3.8) is 0 Å². The minimum atomic E-state index is -1.17. The monoisotopic (exact) mass is 163 g/mol. The van der Waals surface area contributed by atoms with Crippen molar-refractivity contribution < 1.29 is 19.8 Å². The van der Waals surface area contributed by atoms with E-state index in [1.807, 2.05) is 0 Å². The van der Waals surface area contributed by atoms with E-state index in [1.54, 1.807) is 0 Å². The minimum absolute atomic E-state index is 0. The van der Waals surface area contributed by atoms with Crippen LogP contribution in [0.15, 0.2) is 0 Å². The van der Waals surface area contributed by atoms with Crippen molar-refractivity contribution in [2.75, 3.05) is 0 Å². The number of aliphatic carboxylic acids is 2. The summed E-state index contributed by atoms with van der Waals surface area (Å²) in [4.78, 5) is 19.9. The van der Waals surface area contributed by atoms with E-state index in [0.717, 1.165) is 0 Å². The molecule has 5 heteroatoms. The lowest BCUT2D eigenvalue weighted by Gasteiger charge is -2.01. The van der Waals surface area contributed by atoms with Crippen LogP contribution in [0.3, 0.4) is 0 Å². The zero-order valence-electron chi connectivity index (χ0n) is 5.28. The van der Waals surface area contributed by atoms with Gasteiger partial charge in [-0.1, -0.05) is 7.43 Å². The van der Waals surface area contributed by atoms with E-state index in [2.05, 4.69) is 0 Å². The molecule has 1 atom stereocenters. The summed E-state index contributed by atoms with van der Waals surface area (Å²) in [6.45, 7) is 0. The van der Waals surface area contributed by atoms with Gasteiger partial charge in [-0.15, -0.1) is 0 Å². The van der Waals surface area contributed by atoms with Crippen LogP contribution in [0.25, 0.3) is 0 Å². The van der Waals surface area contributed by atoms with Crippen molar-refractivity contribution in [3.8, 4) is 0 Å². The Morgan fingerprint density at radius 1 is 1.36 bits per heavy atom. The van der Waals surface area contributed by atoms with Crippen LogP contribution in [0.1, 0.15) is 20.3 Å². The van der Waals surface area contributed by atoms with Gasteiger partial charge in [-0.3, -0.25) is 9.59 Å². The maximum Gasteiger partial charge on any atom is 0.320 e. The lowest BCUT2D eigenvalue weighted by molar-refractivity contribution is -0.139. The van der Waals surface area contributed by atoms with Crippen LogP contribution in [0.2, 0.25) is 0 Å². The molecule has 0 saturated heterocycles. The molecule has 0 aliphatic rings. The maximum absolute atomic E-state index is 9.99. The molecular weight excluding hydrogens is 150 g/mol. The summed E-state index contributed by atoms with van der Waals surface area (Å²) < 4.78 is 0. The van der Waals surface area contributed by atoms with Gasteiger partial charge < -0.3 is 15.9 Å². The Hall–Kier alpha value is -1.10. The molecule has 66 valence electrons. The Balaban J connectivity index is 0. The molecule has 4 N–H and O–H groups in total. The molecule has 0 aromatic rings. The lowest BCUT2D eigenvalue weighted by atomic mass is 10.2. The molecule has 0 spiro atoms. The summed E-state index contributed by atoms with van der Waals surface area (Å²) in [5, 5.41) is 16.3. The molecule has 0 radical (unpaired) electrons. The highest BCUT2D eigenvalue weighted by atomic mass is 16.4. The number of rotatable bonds is 4. The van der Waals surface area contributed by atoms with Gasteiger partial charge in [-0.25, -0.2) is 0 Å². The molecule has 11 heavy (non-hydrogen) atoms. The van der Waals surface area contributed by atoms with Crippen molar-refractivity contribution >= 4 is 11.9 Å². The number of carboxylic acid groups (broad SMARTS) is 2. The quantitative estimate of drug-likeness (QED) is 0.537. The van der Waals surface area contributed by atoms with Gasteiger partial charge in [-0.05, 0) is 6.42 Å². The summed E-state index contributed by atoms with van der Waals surface area (Å²) in [7, 11) is 0. The molecule has 5 nitrogen and oxygen atoms in total. The van der Waals surface area contributed by atoms with E-state index in [-0.39, 0.29) is 20.3 Å². The Kier molecular flexibility index (Phi) is 6.47. The third kappa shape index (κ3) is 6.79. The molecule has 0 fully saturated rings. The zero-order valence-corrected chi connectivity index (χ0v) is 5.28. The number of nitrogens with two attached hydrogens (primary N) is 1. The van der Waals surface area contributed by atoms with Crippen molar-refractivity contribution in [3.05, 3.63) is 0 Å². The van der Waals surface area contributed by atoms with E-state index < -0.39 is 18.0 Å².